The SMILES string of the molecule is O=C1[C@@H]2[C@H](C(=O)N1Nc1ccc(Cl)c(Cl)c1)[C@@H]1C=C[C@H]2C1. The summed E-state index contributed by atoms with van der Waals surface area (Å²) >= 11 is 11.8. The summed E-state index contributed by atoms with van der Waals surface area (Å²) in [6.45, 7) is 0. The Morgan fingerprint density at radius 1 is 1.00 bits per heavy atom. The molecule has 1 heterocycles. The lowest BCUT2D eigenvalue weighted by atomic mass is 9.85. The number of rotatable bonds is 2. The van der Waals surface area contributed by atoms with Gasteiger partial charge in [-0.25, -0.2) is 0 Å². The van der Waals surface area contributed by atoms with Crippen molar-refractivity contribution in [2.75, 3.05) is 5.43 Å². The number of hydrogen-bond donors (Lipinski definition) is 1. The van der Waals surface area contributed by atoms with Crippen LogP contribution < -0.4 is 5.43 Å². The van der Waals surface area contributed by atoms with Crippen molar-refractivity contribution in [1.82, 2.24) is 5.01 Å². The van der Waals surface area contributed by atoms with Gasteiger partial charge < -0.3 is 0 Å². The number of hydrogen-bond acceptors (Lipinski definition) is 3. The van der Waals surface area contributed by atoms with Gasteiger partial charge in [0, 0.05) is 0 Å². The maximum absolute atomic E-state index is 12.5. The highest BCUT2D eigenvalue weighted by molar-refractivity contribution is 6.42. The third kappa shape index (κ3) is 1.82. The van der Waals surface area contributed by atoms with Gasteiger partial charge >= 0.3 is 0 Å². The highest BCUT2D eigenvalue weighted by Gasteiger charge is 2.59. The van der Waals surface area contributed by atoms with Crippen LogP contribution in [-0.2, 0) is 9.59 Å². The van der Waals surface area contributed by atoms with E-state index in [1.165, 1.54) is 0 Å². The van der Waals surface area contributed by atoms with Gasteiger partial charge in [0.2, 0.25) is 0 Å². The Kier molecular flexibility index (Phi) is 2.81. The molecule has 1 saturated carbocycles. The van der Waals surface area contributed by atoms with Crippen molar-refractivity contribution in [1.29, 1.82) is 0 Å². The van der Waals surface area contributed by atoms with Gasteiger partial charge in [-0.05, 0) is 36.5 Å². The molecule has 1 saturated heterocycles. The van der Waals surface area contributed by atoms with Crippen LogP contribution in [0.2, 0.25) is 10.0 Å². The molecule has 2 fully saturated rings. The number of halogens is 2. The van der Waals surface area contributed by atoms with E-state index in [0.29, 0.717) is 15.7 Å². The van der Waals surface area contributed by atoms with Crippen molar-refractivity contribution in [3.8, 4) is 0 Å². The fourth-order valence-corrected chi connectivity index (χ4v) is 4.01. The van der Waals surface area contributed by atoms with Crippen LogP contribution in [0, 0.1) is 23.7 Å². The summed E-state index contributed by atoms with van der Waals surface area (Å²) in [7, 11) is 0. The molecular formula is C15H12Cl2N2O2. The number of nitrogens with one attached hydrogen (secondary N) is 1. The van der Waals surface area contributed by atoms with Gasteiger partial charge in [0.25, 0.3) is 11.8 Å². The minimum absolute atomic E-state index is 0.145. The van der Waals surface area contributed by atoms with E-state index in [4.69, 9.17) is 23.2 Å². The molecule has 0 aromatic heterocycles. The van der Waals surface area contributed by atoms with Gasteiger partial charge in [-0.3, -0.25) is 15.0 Å². The highest BCUT2D eigenvalue weighted by atomic mass is 35.5. The molecule has 4 rings (SSSR count). The molecule has 3 aliphatic rings. The average molecular weight is 323 g/mol. The lowest BCUT2D eigenvalue weighted by Crippen LogP contribution is -2.37. The van der Waals surface area contributed by atoms with Crippen LogP contribution in [0.25, 0.3) is 0 Å². The van der Waals surface area contributed by atoms with Crippen molar-refractivity contribution in [2.45, 2.75) is 6.42 Å². The zero-order valence-corrected chi connectivity index (χ0v) is 12.4. The predicted molar refractivity (Wildman–Crippen MR) is 79.7 cm³/mol. The Bertz CT molecular complexity index is 658. The number of allylic oxidation sites excluding steroid dienone is 2. The number of benzene rings is 1. The summed E-state index contributed by atoms with van der Waals surface area (Å²) in [5.74, 6) is -0.291. The summed E-state index contributed by atoms with van der Waals surface area (Å²) in [5, 5.41) is 1.95. The zero-order valence-electron chi connectivity index (χ0n) is 10.9. The number of carbonyl (C=O) groups excluding carboxylic acids is 2. The topological polar surface area (TPSA) is 49.4 Å². The van der Waals surface area contributed by atoms with Gasteiger partial charge in [0.05, 0.1) is 27.6 Å². The molecule has 6 heteroatoms. The van der Waals surface area contributed by atoms with Crippen molar-refractivity contribution >= 4 is 40.7 Å². The lowest BCUT2D eigenvalue weighted by Gasteiger charge is -2.19. The smallest absolute Gasteiger partial charge is 0.252 e. The van der Waals surface area contributed by atoms with E-state index in [-0.39, 0.29) is 35.5 Å². The van der Waals surface area contributed by atoms with E-state index in [9.17, 15) is 9.59 Å². The first kappa shape index (κ1) is 13.2. The standard InChI is InChI=1S/C15H12Cl2N2O2/c16-10-4-3-9(6-11(10)17)18-19-14(20)12-7-1-2-8(5-7)13(12)15(19)21/h1-4,6-8,12-13,18H,5H2/t7-,8+,12-,13+. The van der Waals surface area contributed by atoms with Crippen molar-refractivity contribution in [3.05, 3.63) is 40.4 Å². The van der Waals surface area contributed by atoms with E-state index in [1.807, 2.05) is 0 Å². The molecule has 1 aromatic carbocycles. The van der Waals surface area contributed by atoms with Crippen LogP contribution >= 0.6 is 23.2 Å². The third-order valence-corrected chi connectivity index (χ3v) is 5.37. The molecule has 1 aliphatic heterocycles. The van der Waals surface area contributed by atoms with Gasteiger partial charge in [-0.2, -0.15) is 5.01 Å². The molecular weight excluding hydrogens is 311 g/mol. The molecule has 2 bridgehead atoms. The molecule has 4 nitrogen and oxygen atoms in total. The van der Waals surface area contributed by atoms with Gasteiger partial charge in [0.1, 0.15) is 0 Å². The van der Waals surface area contributed by atoms with Crippen molar-refractivity contribution in [3.63, 3.8) is 0 Å². The summed E-state index contributed by atoms with van der Waals surface area (Å²) in [4.78, 5) is 25.0. The first-order valence-electron chi connectivity index (χ1n) is 6.84. The molecule has 0 spiro atoms. The molecule has 2 aliphatic carbocycles. The maximum Gasteiger partial charge on any atom is 0.252 e. The fourth-order valence-electron chi connectivity index (χ4n) is 3.71. The number of amides is 2. The lowest BCUT2D eigenvalue weighted by molar-refractivity contribution is -0.139. The van der Waals surface area contributed by atoms with Gasteiger partial charge in [-0.15, -0.1) is 0 Å². The van der Waals surface area contributed by atoms with Crippen LogP contribution in [0.15, 0.2) is 30.4 Å². The number of anilines is 1. The minimum Gasteiger partial charge on any atom is -0.289 e. The zero-order chi connectivity index (χ0) is 14.7. The fraction of sp³-hybridized carbons (Fsp3) is 0.333. The summed E-state index contributed by atoms with van der Waals surface area (Å²) in [6, 6.07) is 4.92. The summed E-state index contributed by atoms with van der Waals surface area (Å²) in [5.41, 5.74) is 3.44. The van der Waals surface area contributed by atoms with E-state index in [0.717, 1.165) is 11.4 Å². The van der Waals surface area contributed by atoms with Crippen LogP contribution in [0.5, 0.6) is 0 Å². The number of imide groups is 1. The second kappa shape index (κ2) is 4.49. The second-order valence-corrected chi connectivity index (χ2v) is 6.57. The molecule has 1 aromatic rings. The van der Waals surface area contributed by atoms with E-state index < -0.39 is 0 Å². The Labute approximate surface area is 131 Å². The average Bonchev–Trinajstić information content (AvgIpc) is 3.12. The molecule has 0 radical (unpaired) electrons. The largest absolute Gasteiger partial charge is 0.289 e. The van der Waals surface area contributed by atoms with Crippen LogP contribution in [0.4, 0.5) is 5.69 Å². The van der Waals surface area contributed by atoms with E-state index >= 15 is 0 Å². The van der Waals surface area contributed by atoms with Crippen molar-refractivity contribution in [2.24, 2.45) is 23.7 Å². The van der Waals surface area contributed by atoms with E-state index in [1.54, 1.807) is 18.2 Å². The first-order chi connectivity index (χ1) is 10.1. The highest BCUT2D eigenvalue weighted by Crippen LogP contribution is 2.52. The molecule has 4 atom stereocenters. The molecule has 0 unspecified atom stereocenters. The normalized spacial score (nSPS) is 33.0. The monoisotopic (exact) mass is 322 g/mol. The quantitative estimate of drug-likeness (QED) is 0.672. The number of nitrogens with zero attached hydrogens (tertiary/aromatic N) is 1. The minimum atomic E-state index is -0.206. The van der Waals surface area contributed by atoms with E-state index in [2.05, 4.69) is 17.6 Å². The van der Waals surface area contributed by atoms with Crippen molar-refractivity contribution < 1.29 is 9.59 Å². The maximum atomic E-state index is 12.5. The Morgan fingerprint density at radius 2 is 1.62 bits per heavy atom. The van der Waals surface area contributed by atoms with Crippen LogP contribution in [0.1, 0.15) is 6.42 Å². The third-order valence-electron chi connectivity index (χ3n) is 4.63. The van der Waals surface area contributed by atoms with Gasteiger partial charge in [0.15, 0.2) is 0 Å². The number of carbonyl (C=O) groups is 2. The molecule has 108 valence electrons. The second-order valence-electron chi connectivity index (χ2n) is 5.75. The summed E-state index contributed by atoms with van der Waals surface area (Å²) < 4.78 is 0. The summed E-state index contributed by atoms with van der Waals surface area (Å²) in [6.07, 6.45) is 5.06. The first-order valence-corrected chi connectivity index (χ1v) is 7.59. The van der Waals surface area contributed by atoms with Crippen LogP contribution in [0.3, 0.4) is 0 Å². The Balaban J connectivity index is 1.61. The predicted octanol–water partition coefficient (Wildman–Crippen LogP) is 3.13. The van der Waals surface area contributed by atoms with Crippen LogP contribution in [-0.4, -0.2) is 16.8 Å². The molecule has 1 N–H and O–H groups in total. The molecule has 2 amide bonds. The Hall–Kier alpha value is -1.52. The number of fused-ring (bicyclic) bond motifs is 5. The molecule has 21 heavy (non-hydrogen) atoms. The Morgan fingerprint density at radius 3 is 2.19 bits per heavy atom. The number of hydrazine groups is 1. The van der Waals surface area contributed by atoms with Gasteiger partial charge in [-0.1, -0.05) is 35.4 Å².